The van der Waals surface area contributed by atoms with Crippen LogP contribution < -0.4 is 0 Å². The lowest BCUT2D eigenvalue weighted by Crippen LogP contribution is -2.09. The van der Waals surface area contributed by atoms with Crippen molar-refractivity contribution >= 4 is 11.6 Å². The third-order valence-corrected chi connectivity index (χ3v) is 4.71. The zero-order valence-electron chi connectivity index (χ0n) is 11.7. The maximum absolute atomic E-state index is 13.8. The normalized spacial score (nSPS) is 16.5. The molecule has 3 rings (SSSR count). The molecule has 1 atom stereocenters. The molecule has 3 heteroatoms. The summed E-state index contributed by atoms with van der Waals surface area (Å²) in [5, 5.41) is 10.7. The van der Waals surface area contributed by atoms with E-state index in [1.54, 1.807) is 12.1 Å². The zero-order chi connectivity index (χ0) is 14.8. The van der Waals surface area contributed by atoms with Crippen LogP contribution in [0.3, 0.4) is 0 Å². The lowest BCUT2D eigenvalue weighted by Gasteiger charge is -2.26. The molecule has 2 aromatic rings. The van der Waals surface area contributed by atoms with Crippen molar-refractivity contribution in [3.63, 3.8) is 0 Å². The number of aliphatic hydroxyl groups is 1. The standard InChI is InChI=1S/C18H18ClFO/c19-16-5-2-6-17(20)15(16)11-18(21)14-9-7-13(8-10-14)12-3-1-4-12/h2,5-10,12,18,21H,1,3-4,11H2. The minimum atomic E-state index is -0.741. The van der Waals surface area contributed by atoms with Crippen molar-refractivity contribution in [1.82, 2.24) is 0 Å². The van der Waals surface area contributed by atoms with Gasteiger partial charge in [0.25, 0.3) is 0 Å². The first kappa shape index (κ1) is 14.6. The second-order valence-corrected chi connectivity index (χ2v) is 6.12. The van der Waals surface area contributed by atoms with E-state index in [0.717, 1.165) is 5.56 Å². The van der Waals surface area contributed by atoms with E-state index in [1.165, 1.54) is 30.9 Å². The molecule has 0 aromatic heterocycles. The van der Waals surface area contributed by atoms with Crippen LogP contribution in [-0.4, -0.2) is 5.11 Å². The zero-order valence-corrected chi connectivity index (χ0v) is 12.5. The molecule has 0 saturated heterocycles. The smallest absolute Gasteiger partial charge is 0.127 e. The molecule has 0 spiro atoms. The van der Waals surface area contributed by atoms with Gasteiger partial charge in [0, 0.05) is 17.0 Å². The van der Waals surface area contributed by atoms with Crippen molar-refractivity contribution in [1.29, 1.82) is 0 Å². The Labute approximate surface area is 129 Å². The van der Waals surface area contributed by atoms with Crippen LogP contribution in [-0.2, 0) is 6.42 Å². The molecule has 1 aliphatic rings. The van der Waals surface area contributed by atoms with Gasteiger partial charge in [-0.2, -0.15) is 0 Å². The van der Waals surface area contributed by atoms with Gasteiger partial charge in [0.1, 0.15) is 5.82 Å². The molecule has 2 aromatic carbocycles. The van der Waals surface area contributed by atoms with Crippen LogP contribution in [0.5, 0.6) is 0 Å². The average Bonchev–Trinajstić information content (AvgIpc) is 2.42. The van der Waals surface area contributed by atoms with Crippen LogP contribution in [0.1, 0.15) is 48.0 Å². The highest BCUT2D eigenvalue weighted by atomic mass is 35.5. The first-order valence-corrected chi connectivity index (χ1v) is 7.74. The third kappa shape index (κ3) is 3.12. The van der Waals surface area contributed by atoms with Crippen LogP contribution in [0, 0.1) is 5.82 Å². The highest BCUT2D eigenvalue weighted by molar-refractivity contribution is 6.31. The molecule has 1 aliphatic carbocycles. The number of hydrogen-bond donors (Lipinski definition) is 1. The number of benzene rings is 2. The Balaban J connectivity index is 1.74. The summed E-state index contributed by atoms with van der Waals surface area (Å²) < 4.78 is 13.8. The molecule has 1 unspecified atom stereocenters. The molecule has 0 heterocycles. The van der Waals surface area contributed by atoms with Gasteiger partial charge in [-0.1, -0.05) is 48.4 Å². The van der Waals surface area contributed by atoms with E-state index in [9.17, 15) is 9.50 Å². The summed E-state index contributed by atoms with van der Waals surface area (Å²) in [6, 6.07) is 12.6. The van der Waals surface area contributed by atoms with Crippen molar-refractivity contribution in [2.75, 3.05) is 0 Å². The Bertz CT molecular complexity index is 599. The van der Waals surface area contributed by atoms with Crippen LogP contribution >= 0.6 is 11.6 Å². The number of halogens is 2. The molecule has 0 aliphatic heterocycles. The lowest BCUT2D eigenvalue weighted by molar-refractivity contribution is 0.177. The summed E-state index contributed by atoms with van der Waals surface area (Å²) in [4.78, 5) is 0. The Kier molecular flexibility index (Phi) is 4.27. The third-order valence-electron chi connectivity index (χ3n) is 4.36. The molecule has 1 N–H and O–H groups in total. The van der Waals surface area contributed by atoms with Gasteiger partial charge < -0.3 is 5.11 Å². The van der Waals surface area contributed by atoms with Crippen molar-refractivity contribution in [3.8, 4) is 0 Å². The largest absolute Gasteiger partial charge is 0.388 e. The van der Waals surface area contributed by atoms with E-state index in [2.05, 4.69) is 12.1 Å². The van der Waals surface area contributed by atoms with Crippen LogP contribution in [0.2, 0.25) is 5.02 Å². The molecule has 21 heavy (non-hydrogen) atoms. The first-order chi connectivity index (χ1) is 10.1. The number of hydrogen-bond acceptors (Lipinski definition) is 1. The molecule has 0 bridgehead atoms. The van der Waals surface area contributed by atoms with E-state index in [4.69, 9.17) is 11.6 Å². The summed E-state index contributed by atoms with van der Waals surface area (Å²) in [6.45, 7) is 0. The predicted octanol–water partition coefficient (Wildman–Crippen LogP) is 5.02. The molecular weight excluding hydrogens is 287 g/mol. The Morgan fingerprint density at radius 3 is 2.43 bits per heavy atom. The minimum absolute atomic E-state index is 0.189. The van der Waals surface area contributed by atoms with Gasteiger partial charge in [-0.3, -0.25) is 0 Å². The Hall–Kier alpha value is -1.38. The predicted molar refractivity (Wildman–Crippen MR) is 83.1 cm³/mol. The summed E-state index contributed by atoms with van der Waals surface area (Å²) in [7, 11) is 0. The molecule has 1 fully saturated rings. The van der Waals surface area contributed by atoms with E-state index in [1.807, 2.05) is 12.1 Å². The highest BCUT2D eigenvalue weighted by Gasteiger charge is 2.20. The maximum Gasteiger partial charge on any atom is 0.127 e. The monoisotopic (exact) mass is 304 g/mol. The number of aliphatic hydroxyl groups excluding tert-OH is 1. The van der Waals surface area contributed by atoms with Crippen LogP contribution in [0.4, 0.5) is 4.39 Å². The van der Waals surface area contributed by atoms with Crippen molar-refractivity contribution < 1.29 is 9.50 Å². The topological polar surface area (TPSA) is 20.2 Å². The lowest BCUT2D eigenvalue weighted by atomic mass is 9.80. The summed E-state index contributed by atoms with van der Waals surface area (Å²) in [5.41, 5.74) is 2.51. The molecule has 110 valence electrons. The molecular formula is C18H18ClFO. The van der Waals surface area contributed by atoms with Crippen molar-refractivity contribution in [2.45, 2.75) is 37.7 Å². The van der Waals surface area contributed by atoms with E-state index >= 15 is 0 Å². The fourth-order valence-electron chi connectivity index (χ4n) is 2.77. The van der Waals surface area contributed by atoms with E-state index in [-0.39, 0.29) is 12.2 Å². The van der Waals surface area contributed by atoms with Gasteiger partial charge in [0.05, 0.1) is 6.10 Å². The minimum Gasteiger partial charge on any atom is -0.388 e. The van der Waals surface area contributed by atoms with E-state index in [0.29, 0.717) is 16.5 Å². The van der Waals surface area contributed by atoms with Gasteiger partial charge in [-0.15, -0.1) is 0 Å². The van der Waals surface area contributed by atoms with Gasteiger partial charge >= 0.3 is 0 Å². The molecule has 0 amide bonds. The Morgan fingerprint density at radius 1 is 1.14 bits per heavy atom. The summed E-state index contributed by atoms with van der Waals surface area (Å²) >= 11 is 6.00. The van der Waals surface area contributed by atoms with Gasteiger partial charge in [-0.05, 0) is 42.0 Å². The quantitative estimate of drug-likeness (QED) is 0.840. The van der Waals surface area contributed by atoms with Gasteiger partial charge in [-0.25, -0.2) is 4.39 Å². The average molecular weight is 305 g/mol. The second kappa shape index (κ2) is 6.17. The molecule has 1 nitrogen and oxygen atoms in total. The SMILES string of the molecule is OC(Cc1c(F)cccc1Cl)c1ccc(C2CCC2)cc1. The fourth-order valence-corrected chi connectivity index (χ4v) is 3.01. The first-order valence-electron chi connectivity index (χ1n) is 7.36. The highest BCUT2D eigenvalue weighted by Crippen LogP contribution is 2.36. The van der Waals surface area contributed by atoms with Crippen molar-refractivity contribution in [3.05, 3.63) is 70.0 Å². The van der Waals surface area contributed by atoms with E-state index < -0.39 is 6.10 Å². The summed E-state index contributed by atoms with van der Waals surface area (Å²) in [5.74, 6) is 0.310. The van der Waals surface area contributed by atoms with Crippen molar-refractivity contribution in [2.24, 2.45) is 0 Å². The Morgan fingerprint density at radius 2 is 1.86 bits per heavy atom. The summed E-state index contributed by atoms with van der Waals surface area (Å²) in [6.07, 6.45) is 3.27. The van der Waals surface area contributed by atoms with Gasteiger partial charge in [0.15, 0.2) is 0 Å². The molecule has 1 saturated carbocycles. The fraction of sp³-hybridized carbons (Fsp3) is 0.333. The van der Waals surface area contributed by atoms with Crippen LogP contribution in [0.25, 0.3) is 0 Å². The van der Waals surface area contributed by atoms with Crippen LogP contribution in [0.15, 0.2) is 42.5 Å². The molecule has 0 radical (unpaired) electrons. The van der Waals surface area contributed by atoms with Gasteiger partial charge in [0.2, 0.25) is 0 Å². The number of rotatable bonds is 4. The second-order valence-electron chi connectivity index (χ2n) is 5.71. The maximum atomic E-state index is 13.8.